The van der Waals surface area contributed by atoms with Crippen LogP contribution in [0.1, 0.15) is 61.9 Å². The molecule has 6 aliphatic rings. The number of H-pyrrole nitrogens is 1. The van der Waals surface area contributed by atoms with Crippen molar-refractivity contribution in [3.8, 4) is 5.75 Å². The van der Waals surface area contributed by atoms with Crippen LogP contribution in [0.25, 0.3) is 10.9 Å². The van der Waals surface area contributed by atoms with Gasteiger partial charge in [0, 0.05) is 84.0 Å². The lowest BCUT2D eigenvalue weighted by Crippen LogP contribution is -2.80. The second-order valence-electron chi connectivity index (χ2n) is 18.0. The van der Waals surface area contributed by atoms with Crippen molar-refractivity contribution in [3.05, 3.63) is 70.9 Å². The summed E-state index contributed by atoms with van der Waals surface area (Å²) in [6.07, 6.45) is 6.10. The minimum Gasteiger partial charge on any atom is -0.496 e. The predicted octanol–water partition coefficient (Wildman–Crippen LogP) is 3.70. The number of ether oxygens (including phenoxy) is 4. The number of fused-ring (bicyclic) bond motifs is 6. The number of methoxy groups -OCH3 is 4. The minimum atomic E-state index is -2.35. The molecule has 13 heteroatoms. The van der Waals surface area contributed by atoms with E-state index in [0.29, 0.717) is 50.2 Å². The van der Waals surface area contributed by atoms with Crippen LogP contribution in [-0.4, -0.2) is 135 Å². The lowest BCUT2D eigenvalue weighted by Gasteiger charge is -2.63. The molecule has 2 aromatic carbocycles. The molecule has 1 spiro atoms. The number of para-hydroxylation sites is 1. The monoisotopic (exact) mass is 810 g/mol. The van der Waals surface area contributed by atoms with Gasteiger partial charge in [-0.05, 0) is 73.7 Å². The Morgan fingerprint density at radius 2 is 1.71 bits per heavy atom. The number of rotatable bonds is 7. The van der Waals surface area contributed by atoms with Crippen LogP contribution in [0.3, 0.4) is 0 Å². The molecule has 9 unspecified atom stereocenters. The van der Waals surface area contributed by atoms with Gasteiger partial charge in [-0.2, -0.15) is 0 Å². The topological polar surface area (TPSA) is 154 Å². The standard InChI is InChI=1S/C46H58N4O9/c1-8-26-24-49-19-15-29-28-13-10-11-14-32(28)47-37(29)45(41(53)58-6,23-27(25-49)35(26)51)31-21-30-33(22-34(31)56-4)48(3)40-44(30)17-20-50-18-12-16-43(9-2,39(44)50)36(38(52)57-5)46(40,55)42(54)59-7/h10-14,16,21-22,26-27,35-36,39-40,47,51,55H,8-9,15,17-20,23-25H2,1-7H3/t26?,27?,35?,36-,39?,40?,43?,44?,45?,46-/m1/s1. The zero-order chi connectivity index (χ0) is 41.8. The third kappa shape index (κ3) is 5.01. The number of hydrogen-bond donors (Lipinski definition) is 3. The number of anilines is 1. The maximum absolute atomic E-state index is 15.3. The summed E-state index contributed by atoms with van der Waals surface area (Å²) in [6.45, 7) is 7.54. The summed E-state index contributed by atoms with van der Waals surface area (Å²) in [5, 5.41) is 26.5. The van der Waals surface area contributed by atoms with E-state index in [9.17, 15) is 19.8 Å². The molecule has 0 amide bonds. The average Bonchev–Trinajstić information content (AvgIpc) is 3.92. The average molecular weight is 811 g/mol. The Morgan fingerprint density at radius 1 is 0.949 bits per heavy atom. The Kier molecular flexibility index (Phi) is 9.54. The zero-order valence-corrected chi connectivity index (χ0v) is 35.2. The highest BCUT2D eigenvalue weighted by molar-refractivity contribution is 5.96. The second-order valence-corrected chi connectivity index (χ2v) is 18.0. The van der Waals surface area contributed by atoms with E-state index in [1.807, 2.05) is 55.3 Å². The van der Waals surface area contributed by atoms with Gasteiger partial charge in [0.2, 0.25) is 0 Å². The van der Waals surface area contributed by atoms with Crippen LogP contribution in [0.5, 0.6) is 5.75 Å². The number of likely N-dealkylation sites (N-methyl/N-ethyl adjacent to an activating group) is 1. The molecule has 0 radical (unpaired) electrons. The van der Waals surface area contributed by atoms with Gasteiger partial charge in [-0.25, -0.2) is 4.79 Å². The van der Waals surface area contributed by atoms with E-state index in [1.165, 1.54) is 21.3 Å². The molecule has 5 aliphatic heterocycles. The number of nitrogens with zero attached hydrogens (tertiary/aromatic N) is 3. The molecule has 316 valence electrons. The summed E-state index contributed by atoms with van der Waals surface area (Å²) in [6, 6.07) is 10.8. The maximum atomic E-state index is 15.3. The highest BCUT2D eigenvalue weighted by atomic mass is 16.5. The molecule has 3 aromatic rings. The van der Waals surface area contributed by atoms with Gasteiger partial charge in [-0.15, -0.1) is 0 Å². The molecule has 13 nitrogen and oxygen atoms in total. The molecular formula is C46H58N4O9. The van der Waals surface area contributed by atoms with Crippen LogP contribution in [0.2, 0.25) is 0 Å². The van der Waals surface area contributed by atoms with Gasteiger partial charge >= 0.3 is 17.9 Å². The molecule has 59 heavy (non-hydrogen) atoms. The lowest BCUT2D eigenvalue weighted by atomic mass is 9.44. The first-order valence-electron chi connectivity index (χ1n) is 21.2. The highest BCUT2D eigenvalue weighted by Crippen LogP contribution is 2.69. The van der Waals surface area contributed by atoms with Crippen LogP contribution in [0, 0.1) is 23.2 Å². The summed E-state index contributed by atoms with van der Waals surface area (Å²) in [5.41, 5.74) is -1.00. The van der Waals surface area contributed by atoms with Gasteiger partial charge in [0.05, 0.1) is 40.6 Å². The van der Waals surface area contributed by atoms with Gasteiger partial charge in [-0.1, -0.05) is 44.2 Å². The highest BCUT2D eigenvalue weighted by Gasteiger charge is 2.80. The normalized spacial score (nSPS) is 37.0. The van der Waals surface area contributed by atoms with Crippen LogP contribution < -0.4 is 9.64 Å². The molecule has 9 rings (SSSR count). The van der Waals surface area contributed by atoms with Crippen molar-refractivity contribution in [1.29, 1.82) is 0 Å². The molecule has 1 aromatic heterocycles. The largest absolute Gasteiger partial charge is 0.496 e. The fourth-order valence-electron chi connectivity index (χ4n) is 13.7. The van der Waals surface area contributed by atoms with Crippen molar-refractivity contribution < 1.29 is 43.5 Å². The first kappa shape index (κ1) is 40.0. The molecule has 11 atom stereocenters. The number of nitrogens with one attached hydrogen (secondary N) is 1. The predicted molar refractivity (Wildman–Crippen MR) is 220 cm³/mol. The summed E-state index contributed by atoms with van der Waals surface area (Å²) in [7, 11) is 7.39. The SMILES string of the molecule is CCC1CN2CCc3c([nH]c4ccccc34)C(C(=O)OC)(c3cc4c(cc3OC)N(C)C3C45CCN4CC=CC(CC)(C45)[C@@H](C(=O)OC)[C@]3(O)C(=O)OC)CC(C2)C1O. The van der Waals surface area contributed by atoms with Gasteiger partial charge in [0.25, 0.3) is 0 Å². The lowest BCUT2D eigenvalue weighted by molar-refractivity contribution is -0.209. The molecule has 1 aliphatic carbocycles. The number of aliphatic hydroxyl groups is 2. The molecule has 3 fully saturated rings. The van der Waals surface area contributed by atoms with E-state index in [1.54, 1.807) is 7.11 Å². The Morgan fingerprint density at radius 3 is 2.41 bits per heavy atom. The molecule has 1 saturated carbocycles. The number of carbonyl (C=O) groups is 3. The number of aromatic amines is 1. The van der Waals surface area contributed by atoms with Crippen molar-refractivity contribution in [1.82, 2.24) is 14.8 Å². The van der Waals surface area contributed by atoms with E-state index in [4.69, 9.17) is 18.9 Å². The van der Waals surface area contributed by atoms with E-state index in [0.717, 1.165) is 52.9 Å². The van der Waals surface area contributed by atoms with E-state index in [-0.39, 0.29) is 24.3 Å². The fourth-order valence-corrected chi connectivity index (χ4v) is 13.7. The molecule has 2 saturated heterocycles. The number of benzene rings is 2. The smallest absolute Gasteiger partial charge is 0.341 e. The van der Waals surface area contributed by atoms with E-state index >= 15 is 4.79 Å². The molecule has 6 heterocycles. The van der Waals surface area contributed by atoms with Gasteiger partial charge in [-0.3, -0.25) is 14.5 Å². The number of hydrogen-bond acceptors (Lipinski definition) is 12. The summed E-state index contributed by atoms with van der Waals surface area (Å²) in [4.78, 5) is 54.4. The van der Waals surface area contributed by atoms with Crippen molar-refractivity contribution in [3.63, 3.8) is 0 Å². The third-order valence-electron chi connectivity index (χ3n) is 15.9. The first-order chi connectivity index (χ1) is 28.4. The van der Waals surface area contributed by atoms with Gasteiger partial charge < -0.3 is 43.9 Å². The second kappa shape index (κ2) is 14.1. The fraction of sp³-hybridized carbons (Fsp3) is 0.587. The van der Waals surface area contributed by atoms with Gasteiger partial charge in [0.15, 0.2) is 5.60 Å². The maximum Gasteiger partial charge on any atom is 0.341 e. The molecule has 2 bridgehead atoms. The van der Waals surface area contributed by atoms with E-state index in [2.05, 4.69) is 33.8 Å². The van der Waals surface area contributed by atoms with Crippen molar-refractivity contribution in [2.45, 2.75) is 80.6 Å². The van der Waals surface area contributed by atoms with Crippen LogP contribution >= 0.6 is 0 Å². The number of piperidine rings is 1. The quantitative estimate of drug-likeness (QED) is 0.181. The number of carbonyl (C=O) groups excluding carboxylic acids is 3. The number of aliphatic hydroxyl groups excluding tert-OH is 1. The Labute approximate surface area is 345 Å². The first-order valence-corrected chi connectivity index (χ1v) is 21.2. The van der Waals surface area contributed by atoms with Crippen molar-refractivity contribution in [2.75, 3.05) is 73.1 Å². The van der Waals surface area contributed by atoms with Crippen LogP contribution in [0.15, 0.2) is 48.6 Å². The number of esters is 3. The molecular weight excluding hydrogens is 753 g/mol. The number of aromatic nitrogens is 1. The van der Waals surface area contributed by atoms with Crippen molar-refractivity contribution >= 4 is 34.5 Å². The zero-order valence-electron chi connectivity index (χ0n) is 35.2. The summed E-state index contributed by atoms with van der Waals surface area (Å²) < 4.78 is 23.2. The van der Waals surface area contributed by atoms with E-state index < -0.39 is 57.8 Å². The Bertz CT molecular complexity index is 2240. The van der Waals surface area contributed by atoms with Crippen LogP contribution in [0.4, 0.5) is 5.69 Å². The van der Waals surface area contributed by atoms with Crippen molar-refractivity contribution in [2.24, 2.45) is 23.2 Å². The summed E-state index contributed by atoms with van der Waals surface area (Å²) >= 11 is 0. The minimum absolute atomic E-state index is 0.0273. The Hall–Kier alpha value is -4.43. The summed E-state index contributed by atoms with van der Waals surface area (Å²) in [5.74, 6) is -3.18. The van der Waals surface area contributed by atoms with Gasteiger partial charge in [0.1, 0.15) is 17.1 Å². The van der Waals surface area contributed by atoms with Crippen LogP contribution in [-0.2, 0) is 45.8 Å². The third-order valence-corrected chi connectivity index (χ3v) is 15.9. The molecule has 3 N–H and O–H groups in total. The Balaban J connectivity index is 1.37.